The third-order valence-corrected chi connectivity index (χ3v) is 4.66. The van der Waals surface area contributed by atoms with Gasteiger partial charge in [0.1, 0.15) is 11.9 Å². The molecule has 1 heterocycles. The van der Waals surface area contributed by atoms with Crippen LogP contribution >= 0.6 is 47.8 Å². The number of aromatic nitrogens is 1. The minimum absolute atomic E-state index is 0.449. The summed E-state index contributed by atoms with van der Waals surface area (Å²) in [6.45, 7) is 0. The molecule has 1 atom stereocenters. The number of methoxy groups -OCH3 is 1. The number of hydrogen-bond donors (Lipinski definition) is 1. The molecule has 2 aromatic rings. The molecule has 0 bridgehead atoms. The Labute approximate surface area is 142 Å². The van der Waals surface area contributed by atoms with Crippen LogP contribution in [-0.2, 0) is 6.42 Å². The molecule has 0 aliphatic carbocycles. The summed E-state index contributed by atoms with van der Waals surface area (Å²) in [7, 11) is 1.62. The molecule has 1 aromatic carbocycles. The summed E-state index contributed by atoms with van der Waals surface area (Å²) in [5, 5.41) is 10.4. The van der Waals surface area contributed by atoms with Gasteiger partial charge < -0.3 is 9.84 Å². The van der Waals surface area contributed by atoms with E-state index in [9.17, 15) is 5.11 Å². The molecule has 0 aliphatic heterocycles. The van der Waals surface area contributed by atoms with Gasteiger partial charge in [-0.25, -0.2) is 0 Å². The maximum atomic E-state index is 10.4. The van der Waals surface area contributed by atoms with E-state index in [4.69, 9.17) is 4.74 Å². The minimum atomic E-state index is -0.694. The van der Waals surface area contributed by atoms with Crippen LogP contribution in [0.15, 0.2) is 43.9 Å². The number of nitrogens with zero attached hydrogens (tertiary/aromatic N) is 1. The highest BCUT2D eigenvalue weighted by molar-refractivity contribution is 9.11. The molecule has 0 spiro atoms. The summed E-state index contributed by atoms with van der Waals surface area (Å²) in [6, 6.07) is 7.55. The number of aliphatic hydroxyl groups is 1. The highest BCUT2D eigenvalue weighted by Crippen LogP contribution is 2.30. The second kappa shape index (κ2) is 7.02. The second-order valence-corrected chi connectivity index (χ2v) is 6.82. The van der Waals surface area contributed by atoms with Gasteiger partial charge in [0.15, 0.2) is 0 Å². The number of rotatable bonds is 4. The molecule has 106 valence electrons. The number of pyridine rings is 1. The normalized spacial score (nSPS) is 12.2. The van der Waals surface area contributed by atoms with Gasteiger partial charge in [0.2, 0.25) is 0 Å². The lowest BCUT2D eigenvalue weighted by Crippen LogP contribution is -2.06. The molecule has 0 saturated heterocycles. The van der Waals surface area contributed by atoms with Gasteiger partial charge in [0.05, 0.1) is 12.8 Å². The van der Waals surface area contributed by atoms with Crippen molar-refractivity contribution < 1.29 is 9.84 Å². The number of aliphatic hydroxyl groups excluding tert-OH is 1. The standard InChI is InChI=1S/C14H12Br3NO2/c1-20-10-2-3-11(16)8(4-10)5-13(19)14-12(17)6-9(15)7-18-14/h2-4,6-7,13,19H,5H2,1H3. The van der Waals surface area contributed by atoms with Gasteiger partial charge in [0, 0.05) is 26.0 Å². The Bertz CT molecular complexity index is 619. The number of hydrogen-bond acceptors (Lipinski definition) is 3. The van der Waals surface area contributed by atoms with E-state index < -0.39 is 6.10 Å². The number of halogens is 3. The summed E-state index contributed by atoms with van der Waals surface area (Å²) >= 11 is 10.2. The number of ether oxygens (including phenoxy) is 1. The Hall–Kier alpha value is -0.430. The zero-order chi connectivity index (χ0) is 14.7. The maximum absolute atomic E-state index is 10.4. The monoisotopic (exact) mass is 463 g/mol. The van der Waals surface area contributed by atoms with Crippen molar-refractivity contribution in [3.05, 3.63) is 55.1 Å². The maximum Gasteiger partial charge on any atom is 0.119 e. The van der Waals surface area contributed by atoms with Crippen molar-refractivity contribution in [1.29, 1.82) is 0 Å². The van der Waals surface area contributed by atoms with Crippen molar-refractivity contribution in [2.75, 3.05) is 7.11 Å². The van der Waals surface area contributed by atoms with Crippen LogP contribution in [0.5, 0.6) is 5.75 Å². The van der Waals surface area contributed by atoms with Crippen LogP contribution in [-0.4, -0.2) is 17.2 Å². The fraction of sp³-hybridized carbons (Fsp3) is 0.214. The minimum Gasteiger partial charge on any atom is -0.497 e. The molecule has 6 heteroatoms. The molecular weight excluding hydrogens is 454 g/mol. The molecule has 0 amide bonds. The summed E-state index contributed by atoms with van der Waals surface area (Å²) in [4.78, 5) is 4.26. The van der Waals surface area contributed by atoms with Crippen molar-refractivity contribution in [2.45, 2.75) is 12.5 Å². The molecule has 0 aliphatic rings. The zero-order valence-corrected chi connectivity index (χ0v) is 15.4. The van der Waals surface area contributed by atoms with Gasteiger partial charge >= 0.3 is 0 Å². The summed E-state index contributed by atoms with van der Waals surface area (Å²) < 4.78 is 7.78. The Balaban J connectivity index is 2.25. The van der Waals surface area contributed by atoms with Crippen molar-refractivity contribution >= 4 is 47.8 Å². The molecule has 1 unspecified atom stereocenters. The van der Waals surface area contributed by atoms with Crippen LogP contribution < -0.4 is 4.74 Å². The third kappa shape index (κ3) is 3.81. The molecule has 0 radical (unpaired) electrons. The van der Waals surface area contributed by atoms with Crippen LogP contribution in [0.1, 0.15) is 17.4 Å². The first-order valence-electron chi connectivity index (χ1n) is 5.82. The van der Waals surface area contributed by atoms with Crippen LogP contribution in [0.2, 0.25) is 0 Å². The lowest BCUT2D eigenvalue weighted by molar-refractivity contribution is 0.172. The molecule has 20 heavy (non-hydrogen) atoms. The van der Waals surface area contributed by atoms with E-state index in [2.05, 4.69) is 52.8 Å². The SMILES string of the molecule is COc1ccc(Br)c(CC(O)c2ncc(Br)cc2Br)c1. The van der Waals surface area contributed by atoms with Gasteiger partial charge in [-0.2, -0.15) is 0 Å². The highest BCUT2D eigenvalue weighted by atomic mass is 79.9. The Morgan fingerprint density at radius 3 is 2.60 bits per heavy atom. The molecule has 0 saturated carbocycles. The number of benzene rings is 1. The van der Waals surface area contributed by atoms with Gasteiger partial charge in [-0.05, 0) is 61.7 Å². The second-order valence-electron chi connectivity index (χ2n) is 4.20. The Kier molecular flexibility index (Phi) is 5.60. The Morgan fingerprint density at radius 1 is 1.20 bits per heavy atom. The lowest BCUT2D eigenvalue weighted by atomic mass is 10.0. The fourth-order valence-electron chi connectivity index (χ4n) is 1.81. The van der Waals surface area contributed by atoms with Crippen molar-refractivity contribution in [1.82, 2.24) is 4.98 Å². The lowest BCUT2D eigenvalue weighted by Gasteiger charge is -2.14. The average Bonchev–Trinajstić information content (AvgIpc) is 2.41. The molecular formula is C14H12Br3NO2. The largest absolute Gasteiger partial charge is 0.497 e. The summed E-state index contributed by atoms with van der Waals surface area (Å²) in [6.07, 6.45) is 1.43. The quantitative estimate of drug-likeness (QED) is 0.714. The van der Waals surface area contributed by atoms with Crippen LogP contribution in [0, 0.1) is 0 Å². The summed E-state index contributed by atoms with van der Waals surface area (Å²) in [5.41, 5.74) is 1.58. The predicted octanol–water partition coefficient (Wildman–Crippen LogP) is 4.65. The van der Waals surface area contributed by atoms with Gasteiger partial charge in [-0.3, -0.25) is 4.98 Å². The van der Waals surface area contributed by atoms with Crippen LogP contribution in [0.3, 0.4) is 0 Å². The van der Waals surface area contributed by atoms with Crippen molar-refractivity contribution in [3.8, 4) is 5.75 Å². The van der Waals surface area contributed by atoms with E-state index >= 15 is 0 Å². The first-order chi connectivity index (χ1) is 9.51. The third-order valence-electron chi connectivity index (χ3n) is 2.82. The first kappa shape index (κ1) is 15.9. The Morgan fingerprint density at radius 2 is 1.95 bits per heavy atom. The molecule has 1 N–H and O–H groups in total. The smallest absolute Gasteiger partial charge is 0.119 e. The van der Waals surface area contributed by atoms with Gasteiger partial charge in [-0.1, -0.05) is 15.9 Å². The molecule has 2 rings (SSSR count). The van der Waals surface area contributed by atoms with E-state index in [-0.39, 0.29) is 0 Å². The zero-order valence-electron chi connectivity index (χ0n) is 10.6. The van der Waals surface area contributed by atoms with Gasteiger partial charge in [-0.15, -0.1) is 0 Å². The highest BCUT2D eigenvalue weighted by Gasteiger charge is 2.16. The average molecular weight is 466 g/mol. The van der Waals surface area contributed by atoms with Crippen molar-refractivity contribution in [3.63, 3.8) is 0 Å². The van der Waals surface area contributed by atoms with Crippen LogP contribution in [0.25, 0.3) is 0 Å². The fourth-order valence-corrected chi connectivity index (χ4v) is 3.47. The van der Waals surface area contributed by atoms with E-state index in [1.54, 1.807) is 13.3 Å². The predicted molar refractivity (Wildman–Crippen MR) is 89.0 cm³/mol. The molecule has 1 aromatic heterocycles. The van der Waals surface area contributed by atoms with E-state index in [1.807, 2.05) is 24.3 Å². The van der Waals surface area contributed by atoms with E-state index in [0.717, 1.165) is 24.7 Å². The summed E-state index contributed by atoms with van der Waals surface area (Å²) in [5.74, 6) is 0.762. The van der Waals surface area contributed by atoms with Crippen LogP contribution in [0.4, 0.5) is 0 Å². The van der Waals surface area contributed by atoms with Crippen molar-refractivity contribution in [2.24, 2.45) is 0 Å². The van der Waals surface area contributed by atoms with E-state index in [1.165, 1.54) is 0 Å². The molecule has 3 nitrogen and oxygen atoms in total. The first-order valence-corrected chi connectivity index (χ1v) is 8.20. The topological polar surface area (TPSA) is 42.4 Å². The van der Waals surface area contributed by atoms with E-state index in [0.29, 0.717) is 12.1 Å². The van der Waals surface area contributed by atoms with Gasteiger partial charge in [0.25, 0.3) is 0 Å². The molecule has 0 fully saturated rings.